The van der Waals surface area contributed by atoms with Gasteiger partial charge in [-0.15, -0.1) is 0 Å². The number of carbonyl (C=O) groups is 1. The van der Waals surface area contributed by atoms with Crippen molar-refractivity contribution in [1.29, 1.82) is 0 Å². The zero-order valence-corrected chi connectivity index (χ0v) is 18.5. The number of halogens is 1. The van der Waals surface area contributed by atoms with Crippen LogP contribution < -0.4 is 10.9 Å². The molecule has 0 bridgehead atoms. The number of nitrogens with zero attached hydrogens (tertiary/aromatic N) is 2. The van der Waals surface area contributed by atoms with Gasteiger partial charge in [0.15, 0.2) is 0 Å². The molecule has 2 atom stereocenters. The van der Waals surface area contributed by atoms with Crippen LogP contribution in [0.5, 0.6) is 0 Å². The van der Waals surface area contributed by atoms with Gasteiger partial charge in [-0.1, -0.05) is 11.3 Å². The summed E-state index contributed by atoms with van der Waals surface area (Å²) < 4.78 is 46.7. The number of amides is 1. The van der Waals surface area contributed by atoms with E-state index in [-0.39, 0.29) is 41.6 Å². The lowest BCUT2D eigenvalue weighted by atomic mass is 10.2. The van der Waals surface area contributed by atoms with E-state index in [4.69, 9.17) is 4.74 Å². The number of carbonyl (C=O) groups excluding carboxylic acids is 1. The number of hydrazine groups is 1. The van der Waals surface area contributed by atoms with Gasteiger partial charge in [0.25, 0.3) is 5.91 Å². The molecular formula is C20H21FN4O4S2. The lowest BCUT2D eigenvalue weighted by Gasteiger charge is -2.34. The molecule has 0 unspecified atom stereocenters. The van der Waals surface area contributed by atoms with Gasteiger partial charge in [-0.2, -0.15) is 4.31 Å². The average molecular weight is 465 g/mol. The Morgan fingerprint density at radius 2 is 1.84 bits per heavy atom. The van der Waals surface area contributed by atoms with E-state index in [0.29, 0.717) is 15.3 Å². The number of aromatic nitrogens is 1. The van der Waals surface area contributed by atoms with Gasteiger partial charge in [0.2, 0.25) is 15.2 Å². The number of fused-ring (bicyclic) bond motifs is 1. The van der Waals surface area contributed by atoms with Crippen LogP contribution in [0.25, 0.3) is 10.2 Å². The number of rotatable bonds is 5. The molecular weight excluding hydrogens is 443 g/mol. The van der Waals surface area contributed by atoms with Crippen LogP contribution in [0, 0.1) is 5.82 Å². The van der Waals surface area contributed by atoms with Crippen LogP contribution in [0.15, 0.2) is 47.4 Å². The molecule has 11 heteroatoms. The largest absolute Gasteiger partial charge is 0.373 e. The van der Waals surface area contributed by atoms with Crippen LogP contribution in [0.4, 0.5) is 9.52 Å². The summed E-state index contributed by atoms with van der Waals surface area (Å²) >= 11 is 1.20. The van der Waals surface area contributed by atoms with E-state index in [1.807, 2.05) is 13.8 Å². The summed E-state index contributed by atoms with van der Waals surface area (Å²) in [5.74, 6) is -0.814. The maximum Gasteiger partial charge on any atom is 0.269 e. The van der Waals surface area contributed by atoms with Crippen LogP contribution in [0.3, 0.4) is 0 Å². The molecule has 1 aliphatic heterocycles. The molecule has 2 aromatic carbocycles. The third kappa shape index (κ3) is 4.69. The van der Waals surface area contributed by atoms with E-state index in [0.717, 1.165) is 0 Å². The fraction of sp³-hybridized carbons (Fsp3) is 0.300. The van der Waals surface area contributed by atoms with Crippen LogP contribution in [-0.4, -0.2) is 48.9 Å². The number of thiazole rings is 1. The van der Waals surface area contributed by atoms with Crippen LogP contribution >= 0.6 is 11.3 Å². The first kappa shape index (κ1) is 21.6. The zero-order chi connectivity index (χ0) is 22.2. The number of morpholine rings is 1. The third-order valence-corrected chi connectivity index (χ3v) is 7.55. The Morgan fingerprint density at radius 1 is 1.16 bits per heavy atom. The van der Waals surface area contributed by atoms with Crippen molar-refractivity contribution < 1.29 is 22.3 Å². The van der Waals surface area contributed by atoms with Gasteiger partial charge in [0.1, 0.15) is 5.82 Å². The second-order valence-corrected chi connectivity index (χ2v) is 10.3. The number of hydrogen-bond donors (Lipinski definition) is 2. The Balaban J connectivity index is 1.42. The molecule has 1 saturated heterocycles. The summed E-state index contributed by atoms with van der Waals surface area (Å²) in [5.41, 5.74) is 6.11. The molecule has 1 amide bonds. The topological polar surface area (TPSA) is 101 Å². The van der Waals surface area contributed by atoms with Crippen molar-refractivity contribution in [2.45, 2.75) is 31.0 Å². The first-order valence-electron chi connectivity index (χ1n) is 9.60. The third-order valence-electron chi connectivity index (χ3n) is 4.77. The highest BCUT2D eigenvalue weighted by molar-refractivity contribution is 7.89. The Kier molecular flexibility index (Phi) is 5.93. The molecule has 31 heavy (non-hydrogen) atoms. The minimum atomic E-state index is -3.68. The van der Waals surface area contributed by atoms with Gasteiger partial charge in [-0.05, 0) is 56.3 Å². The van der Waals surface area contributed by atoms with Crippen LogP contribution in [-0.2, 0) is 14.8 Å². The lowest BCUT2D eigenvalue weighted by molar-refractivity contribution is -0.0440. The smallest absolute Gasteiger partial charge is 0.269 e. The summed E-state index contributed by atoms with van der Waals surface area (Å²) in [6.07, 6.45) is -0.373. The maximum absolute atomic E-state index is 13.3. The number of hydrogen-bond acceptors (Lipinski definition) is 7. The van der Waals surface area contributed by atoms with Gasteiger partial charge in [0.05, 0.1) is 27.3 Å². The van der Waals surface area contributed by atoms with Gasteiger partial charge < -0.3 is 4.74 Å². The molecule has 0 spiro atoms. The minimum Gasteiger partial charge on any atom is -0.373 e. The average Bonchev–Trinajstić information content (AvgIpc) is 3.13. The molecule has 1 aliphatic rings. The Hall–Kier alpha value is -2.60. The molecule has 2 heterocycles. The van der Waals surface area contributed by atoms with Gasteiger partial charge in [0, 0.05) is 18.7 Å². The minimum absolute atomic E-state index is 0.117. The highest BCUT2D eigenvalue weighted by atomic mass is 32.2. The van der Waals surface area contributed by atoms with Gasteiger partial charge in [-0.25, -0.2) is 17.8 Å². The molecule has 0 aliphatic carbocycles. The first-order chi connectivity index (χ1) is 14.7. The number of ether oxygens (including phenoxy) is 1. The molecule has 1 aromatic heterocycles. The molecule has 0 radical (unpaired) electrons. The van der Waals surface area contributed by atoms with Crippen molar-refractivity contribution in [1.82, 2.24) is 14.7 Å². The number of sulfonamides is 1. The standard InChI is InChI=1S/C20H21FN4O4S2/c1-12-10-25(11-13(2)29-12)31(27,28)16-6-3-14(4-7-16)19(26)23-24-20-22-17-8-5-15(21)9-18(17)30-20/h3-9,12-13H,10-11H2,1-2H3,(H,22,24)(H,23,26)/t12-,13+. The SMILES string of the molecule is C[C@@H]1CN(S(=O)(=O)c2ccc(C(=O)NNc3nc4ccc(F)cc4s3)cc2)C[C@H](C)O1. The Morgan fingerprint density at radius 3 is 2.52 bits per heavy atom. The molecule has 4 rings (SSSR count). The normalized spacial score (nSPS) is 20.0. The second-order valence-electron chi connectivity index (χ2n) is 7.31. The number of nitrogens with one attached hydrogen (secondary N) is 2. The van der Waals surface area contributed by atoms with Crippen molar-refractivity contribution in [3.05, 3.63) is 53.8 Å². The quantitative estimate of drug-likeness (QED) is 0.563. The highest BCUT2D eigenvalue weighted by Gasteiger charge is 2.32. The van der Waals surface area contributed by atoms with Crippen LogP contribution in [0.2, 0.25) is 0 Å². The summed E-state index contributed by atoms with van der Waals surface area (Å²) in [7, 11) is -3.68. The predicted octanol–water partition coefficient (Wildman–Crippen LogP) is 2.99. The van der Waals surface area contributed by atoms with Crippen molar-refractivity contribution in [3.63, 3.8) is 0 Å². The molecule has 8 nitrogen and oxygen atoms in total. The molecule has 0 saturated carbocycles. The fourth-order valence-corrected chi connectivity index (χ4v) is 5.82. The fourth-order valence-electron chi connectivity index (χ4n) is 3.39. The monoisotopic (exact) mass is 464 g/mol. The molecule has 3 aromatic rings. The highest BCUT2D eigenvalue weighted by Crippen LogP contribution is 2.26. The molecule has 2 N–H and O–H groups in total. The Bertz CT molecular complexity index is 1200. The van der Waals surface area contributed by atoms with E-state index in [1.54, 1.807) is 6.07 Å². The van der Waals surface area contributed by atoms with Crippen molar-refractivity contribution in [2.24, 2.45) is 0 Å². The van der Waals surface area contributed by atoms with Crippen molar-refractivity contribution in [3.8, 4) is 0 Å². The van der Waals surface area contributed by atoms with Crippen molar-refractivity contribution >= 4 is 42.6 Å². The lowest BCUT2D eigenvalue weighted by Crippen LogP contribution is -2.48. The predicted molar refractivity (Wildman–Crippen MR) is 116 cm³/mol. The first-order valence-corrected chi connectivity index (χ1v) is 11.9. The zero-order valence-electron chi connectivity index (χ0n) is 16.8. The summed E-state index contributed by atoms with van der Waals surface area (Å²) in [5, 5.41) is 0.406. The van der Waals surface area contributed by atoms with Gasteiger partial charge in [-0.3, -0.25) is 15.6 Å². The van der Waals surface area contributed by atoms with E-state index >= 15 is 0 Å². The van der Waals surface area contributed by atoms with E-state index < -0.39 is 15.9 Å². The van der Waals surface area contributed by atoms with Gasteiger partial charge >= 0.3 is 0 Å². The number of benzene rings is 2. The second kappa shape index (κ2) is 8.50. The van der Waals surface area contributed by atoms with Crippen molar-refractivity contribution in [2.75, 3.05) is 18.5 Å². The van der Waals surface area contributed by atoms with E-state index in [9.17, 15) is 17.6 Å². The maximum atomic E-state index is 13.3. The summed E-state index contributed by atoms with van der Waals surface area (Å²) in [6.45, 7) is 4.23. The molecule has 164 valence electrons. The Labute approximate surface area is 183 Å². The van der Waals surface area contributed by atoms with Crippen LogP contribution in [0.1, 0.15) is 24.2 Å². The summed E-state index contributed by atoms with van der Waals surface area (Å²) in [6, 6.07) is 9.97. The van der Waals surface area contributed by atoms with E-state index in [1.165, 1.54) is 52.0 Å². The molecule has 1 fully saturated rings. The van der Waals surface area contributed by atoms with E-state index in [2.05, 4.69) is 15.8 Å². The summed E-state index contributed by atoms with van der Waals surface area (Å²) in [4.78, 5) is 16.8. The number of anilines is 1.